The monoisotopic (exact) mass is 454 g/mol. The normalized spacial score (nSPS) is 12.5. The van der Waals surface area contributed by atoms with Gasteiger partial charge in [0.25, 0.3) is 5.91 Å². The van der Waals surface area contributed by atoms with Gasteiger partial charge in [-0.2, -0.15) is 18.3 Å². The van der Waals surface area contributed by atoms with Crippen LogP contribution in [0.25, 0.3) is 5.69 Å². The van der Waals surface area contributed by atoms with Gasteiger partial charge in [-0.1, -0.05) is 0 Å². The fourth-order valence-corrected chi connectivity index (χ4v) is 3.08. The van der Waals surface area contributed by atoms with Crippen LogP contribution in [0.15, 0.2) is 48.9 Å². The molecule has 0 bridgehead atoms. The predicted octanol–water partition coefficient (Wildman–Crippen LogP) is 4.49. The number of halogens is 5. The van der Waals surface area contributed by atoms with Gasteiger partial charge in [-0.15, -0.1) is 0 Å². The molecule has 0 N–H and O–H groups in total. The van der Waals surface area contributed by atoms with Crippen LogP contribution in [0.3, 0.4) is 0 Å². The highest BCUT2D eigenvalue weighted by Gasteiger charge is 2.32. The second kappa shape index (κ2) is 9.33. The minimum atomic E-state index is -4.73. The molecule has 0 fully saturated rings. The third-order valence-corrected chi connectivity index (χ3v) is 4.67. The lowest BCUT2D eigenvalue weighted by Gasteiger charge is -2.28. The number of aromatic nitrogens is 3. The highest BCUT2D eigenvalue weighted by Crippen LogP contribution is 2.30. The number of carbonyl (C=O) groups is 1. The van der Waals surface area contributed by atoms with E-state index in [1.807, 2.05) is 0 Å². The number of hydrogen-bond donors (Lipinski definition) is 0. The summed E-state index contributed by atoms with van der Waals surface area (Å²) < 4.78 is 72.5. The van der Waals surface area contributed by atoms with Crippen molar-refractivity contribution in [1.29, 1.82) is 0 Å². The Balaban J connectivity index is 1.78. The second-order valence-electron chi connectivity index (χ2n) is 6.87. The molecule has 3 aromatic rings. The first kappa shape index (κ1) is 23.2. The van der Waals surface area contributed by atoms with Crippen molar-refractivity contribution < 1.29 is 31.5 Å². The van der Waals surface area contributed by atoms with Gasteiger partial charge in [0.15, 0.2) is 5.82 Å². The average Bonchev–Trinajstić information content (AvgIpc) is 3.27. The van der Waals surface area contributed by atoms with E-state index in [0.29, 0.717) is 18.0 Å². The Morgan fingerprint density at radius 2 is 2.00 bits per heavy atom. The smallest absolute Gasteiger partial charge is 0.417 e. The zero-order valence-corrected chi connectivity index (χ0v) is 17.1. The highest BCUT2D eigenvalue weighted by atomic mass is 19.4. The van der Waals surface area contributed by atoms with Gasteiger partial charge in [0.1, 0.15) is 12.4 Å². The van der Waals surface area contributed by atoms with Gasteiger partial charge in [0.2, 0.25) is 5.88 Å². The van der Waals surface area contributed by atoms with Gasteiger partial charge in [-0.05, 0) is 44.2 Å². The molecule has 0 saturated heterocycles. The van der Waals surface area contributed by atoms with Gasteiger partial charge < -0.3 is 9.64 Å². The van der Waals surface area contributed by atoms with Gasteiger partial charge in [-0.3, -0.25) is 4.79 Å². The Hall–Kier alpha value is -3.50. The largest absolute Gasteiger partial charge is 0.473 e. The van der Waals surface area contributed by atoms with Crippen molar-refractivity contribution in [3.05, 3.63) is 71.7 Å². The quantitative estimate of drug-likeness (QED) is 0.494. The molecular weight excluding hydrogens is 435 g/mol. The molecule has 1 atom stereocenters. The Kier molecular flexibility index (Phi) is 6.75. The standard InChI is InChI=1S/C21H19F5N4O2/c1-3-29(13(2)12-32-19-17(23)9-14(11-27-19)21(24,25)26)20(31)16-10-15(22)5-6-18(16)30-8-4-7-28-30/h4-11,13H,3,12H2,1-2H3. The maximum Gasteiger partial charge on any atom is 0.417 e. The van der Waals surface area contributed by atoms with Crippen molar-refractivity contribution in [3.8, 4) is 11.6 Å². The van der Waals surface area contributed by atoms with Crippen LogP contribution in [0.2, 0.25) is 0 Å². The third kappa shape index (κ3) is 5.04. The van der Waals surface area contributed by atoms with Crippen molar-refractivity contribution in [2.24, 2.45) is 0 Å². The number of benzene rings is 1. The molecule has 3 rings (SSSR count). The molecule has 170 valence electrons. The van der Waals surface area contributed by atoms with Crippen molar-refractivity contribution in [2.45, 2.75) is 26.1 Å². The zero-order valence-electron chi connectivity index (χ0n) is 17.1. The molecule has 32 heavy (non-hydrogen) atoms. The number of hydrogen-bond acceptors (Lipinski definition) is 4. The molecule has 2 aromatic heterocycles. The van der Waals surface area contributed by atoms with Crippen LogP contribution in [0, 0.1) is 11.6 Å². The summed E-state index contributed by atoms with van der Waals surface area (Å²) >= 11 is 0. The van der Waals surface area contributed by atoms with Gasteiger partial charge in [0.05, 0.1) is 22.9 Å². The molecule has 1 amide bonds. The summed E-state index contributed by atoms with van der Waals surface area (Å²) in [5.41, 5.74) is -0.817. The second-order valence-corrected chi connectivity index (χ2v) is 6.87. The van der Waals surface area contributed by atoms with E-state index in [9.17, 15) is 26.7 Å². The van der Waals surface area contributed by atoms with Crippen LogP contribution in [-0.4, -0.2) is 44.8 Å². The number of pyridine rings is 1. The summed E-state index contributed by atoms with van der Waals surface area (Å²) in [4.78, 5) is 17.9. The van der Waals surface area contributed by atoms with E-state index in [4.69, 9.17) is 4.74 Å². The van der Waals surface area contributed by atoms with Crippen molar-refractivity contribution >= 4 is 5.91 Å². The number of rotatable bonds is 7. The topological polar surface area (TPSA) is 60.2 Å². The lowest BCUT2D eigenvalue weighted by Crippen LogP contribution is -2.42. The molecule has 0 aliphatic carbocycles. The predicted molar refractivity (Wildman–Crippen MR) is 104 cm³/mol. The van der Waals surface area contributed by atoms with Crippen LogP contribution >= 0.6 is 0 Å². The van der Waals surface area contributed by atoms with E-state index in [-0.39, 0.29) is 18.7 Å². The van der Waals surface area contributed by atoms with E-state index >= 15 is 0 Å². The Labute approximate surface area is 180 Å². The first-order chi connectivity index (χ1) is 15.1. The molecule has 0 spiro atoms. The van der Waals surface area contributed by atoms with E-state index in [2.05, 4.69) is 10.1 Å². The van der Waals surface area contributed by atoms with Crippen LogP contribution < -0.4 is 4.74 Å². The number of ether oxygens (including phenoxy) is 1. The molecule has 6 nitrogen and oxygen atoms in total. The summed E-state index contributed by atoms with van der Waals surface area (Å²) in [6, 6.07) is 5.02. The molecular formula is C21H19F5N4O2. The molecule has 1 unspecified atom stereocenters. The lowest BCUT2D eigenvalue weighted by atomic mass is 10.1. The fraction of sp³-hybridized carbons (Fsp3) is 0.286. The lowest BCUT2D eigenvalue weighted by molar-refractivity contribution is -0.138. The van der Waals surface area contributed by atoms with Crippen molar-refractivity contribution in [2.75, 3.05) is 13.2 Å². The molecule has 0 saturated carbocycles. The molecule has 1 aromatic carbocycles. The van der Waals surface area contributed by atoms with Crippen LogP contribution in [0.5, 0.6) is 5.88 Å². The SMILES string of the molecule is CCN(C(=O)c1cc(F)ccc1-n1cccn1)C(C)COc1ncc(C(F)(F)F)cc1F. The fourth-order valence-electron chi connectivity index (χ4n) is 3.08. The summed E-state index contributed by atoms with van der Waals surface area (Å²) in [5, 5.41) is 4.07. The van der Waals surface area contributed by atoms with Gasteiger partial charge in [0, 0.05) is 25.1 Å². The summed E-state index contributed by atoms with van der Waals surface area (Å²) in [6.07, 6.45) is -1.15. The molecule has 0 aliphatic heterocycles. The maximum absolute atomic E-state index is 14.0. The maximum atomic E-state index is 14.0. The third-order valence-electron chi connectivity index (χ3n) is 4.67. The van der Waals surface area contributed by atoms with Gasteiger partial charge in [-0.25, -0.2) is 18.4 Å². The number of amides is 1. The van der Waals surface area contributed by atoms with E-state index in [1.165, 1.54) is 27.9 Å². The molecule has 2 heterocycles. The van der Waals surface area contributed by atoms with Crippen LogP contribution in [0.4, 0.5) is 22.0 Å². The van der Waals surface area contributed by atoms with Crippen LogP contribution in [-0.2, 0) is 6.18 Å². The Morgan fingerprint density at radius 1 is 1.25 bits per heavy atom. The number of nitrogens with zero attached hydrogens (tertiary/aromatic N) is 4. The van der Waals surface area contributed by atoms with Crippen LogP contribution in [0.1, 0.15) is 29.8 Å². The average molecular weight is 454 g/mol. The molecule has 0 radical (unpaired) electrons. The number of alkyl halides is 3. The number of carbonyl (C=O) groups excluding carboxylic acids is 1. The van der Waals surface area contributed by atoms with Crippen molar-refractivity contribution in [3.63, 3.8) is 0 Å². The van der Waals surface area contributed by atoms with Gasteiger partial charge >= 0.3 is 6.18 Å². The zero-order chi connectivity index (χ0) is 23.5. The molecule has 0 aliphatic rings. The number of likely N-dealkylation sites (N-methyl/N-ethyl adjacent to an activating group) is 1. The Bertz CT molecular complexity index is 1090. The van der Waals surface area contributed by atoms with Crippen molar-refractivity contribution in [1.82, 2.24) is 19.7 Å². The highest BCUT2D eigenvalue weighted by molar-refractivity contribution is 5.98. The first-order valence-electron chi connectivity index (χ1n) is 9.58. The first-order valence-corrected chi connectivity index (χ1v) is 9.58. The summed E-state index contributed by atoms with van der Waals surface area (Å²) in [5.74, 6) is -3.02. The summed E-state index contributed by atoms with van der Waals surface area (Å²) in [7, 11) is 0. The molecule has 11 heteroatoms. The Morgan fingerprint density at radius 3 is 2.59 bits per heavy atom. The minimum absolute atomic E-state index is 0.0567. The van der Waals surface area contributed by atoms with E-state index in [0.717, 1.165) is 6.07 Å². The van der Waals surface area contributed by atoms with E-state index < -0.39 is 41.2 Å². The minimum Gasteiger partial charge on any atom is -0.473 e. The van der Waals surface area contributed by atoms with E-state index in [1.54, 1.807) is 26.1 Å². The summed E-state index contributed by atoms with van der Waals surface area (Å²) in [6.45, 7) is 3.26.